The third-order valence-electron chi connectivity index (χ3n) is 2.19. The van der Waals surface area contributed by atoms with Gasteiger partial charge in [0.05, 0.1) is 24.5 Å². The summed E-state index contributed by atoms with van der Waals surface area (Å²) in [6, 6.07) is 7.32. The Kier molecular flexibility index (Phi) is 5.62. The highest BCUT2D eigenvalue weighted by Gasteiger charge is 2.01. The molecule has 0 aliphatic heterocycles. The van der Waals surface area contributed by atoms with Gasteiger partial charge in [-0.25, -0.2) is 0 Å². The van der Waals surface area contributed by atoms with E-state index in [1.165, 1.54) is 0 Å². The molecule has 0 fully saturated rings. The molecule has 0 spiro atoms. The maximum Gasteiger partial charge on any atom is 0.101 e. The first kappa shape index (κ1) is 13.1. The molecule has 1 aromatic carbocycles. The third-order valence-corrected chi connectivity index (χ3v) is 2.19. The molecule has 0 amide bonds. The highest BCUT2D eigenvalue weighted by atomic mass is 16.5. The minimum absolute atomic E-state index is 0.552. The smallest absolute Gasteiger partial charge is 0.101 e. The topological polar surface area (TPSA) is 71.1 Å². The van der Waals surface area contributed by atoms with Crippen LogP contribution >= 0.6 is 0 Å². The monoisotopic (exact) mass is 231 g/mol. The average molecular weight is 231 g/mol. The normalized spacial score (nSPS) is 9.59. The lowest BCUT2D eigenvalue weighted by molar-refractivity contribution is 0.149. The molecule has 3 N–H and O–H groups in total. The predicted molar refractivity (Wildman–Crippen MR) is 69.7 cm³/mol. The molecule has 4 nitrogen and oxygen atoms in total. The molecule has 0 saturated carbocycles. The molecular formula is C13H17N3O. The molecule has 0 heterocycles. The first-order chi connectivity index (χ1) is 8.27. The van der Waals surface area contributed by atoms with Crippen LogP contribution in [0.2, 0.25) is 0 Å². The second-order valence-corrected chi connectivity index (χ2v) is 3.53. The molecule has 0 saturated heterocycles. The minimum Gasteiger partial charge on any atom is -0.399 e. The quantitative estimate of drug-likeness (QED) is 0.428. The summed E-state index contributed by atoms with van der Waals surface area (Å²) in [5, 5.41) is 12.1. The lowest BCUT2D eigenvalue weighted by Crippen LogP contribution is -2.10. The zero-order valence-corrected chi connectivity index (χ0v) is 9.78. The van der Waals surface area contributed by atoms with Gasteiger partial charge in [-0.15, -0.1) is 6.58 Å². The minimum atomic E-state index is 0.552. The number of nitrogens with one attached hydrogen (secondary N) is 1. The molecular weight excluding hydrogens is 214 g/mol. The van der Waals surface area contributed by atoms with Crippen molar-refractivity contribution < 1.29 is 4.74 Å². The summed E-state index contributed by atoms with van der Waals surface area (Å²) in [7, 11) is 0. The van der Waals surface area contributed by atoms with Crippen molar-refractivity contribution in [1.29, 1.82) is 5.26 Å². The van der Waals surface area contributed by atoms with Crippen molar-refractivity contribution in [2.24, 2.45) is 0 Å². The van der Waals surface area contributed by atoms with Crippen LogP contribution < -0.4 is 11.1 Å². The fourth-order valence-electron chi connectivity index (χ4n) is 1.34. The van der Waals surface area contributed by atoms with Crippen molar-refractivity contribution in [1.82, 2.24) is 0 Å². The average Bonchev–Trinajstić information content (AvgIpc) is 2.35. The van der Waals surface area contributed by atoms with Crippen LogP contribution in [0, 0.1) is 11.3 Å². The number of hydrogen-bond acceptors (Lipinski definition) is 4. The van der Waals surface area contributed by atoms with Crippen LogP contribution in [0.15, 0.2) is 30.9 Å². The second kappa shape index (κ2) is 7.31. The summed E-state index contributed by atoms with van der Waals surface area (Å²) >= 11 is 0. The van der Waals surface area contributed by atoms with Crippen molar-refractivity contribution in [3.8, 4) is 6.07 Å². The number of nitriles is 1. The Morgan fingerprint density at radius 3 is 3.00 bits per heavy atom. The molecule has 0 unspecified atom stereocenters. The lowest BCUT2D eigenvalue weighted by Gasteiger charge is -2.08. The highest BCUT2D eigenvalue weighted by Crippen LogP contribution is 2.17. The predicted octanol–water partition coefficient (Wildman–Crippen LogP) is 2.15. The van der Waals surface area contributed by atoms with E-state index in [0.717, 1.165) is 12.1 Å². The Hall–Kier alpha value is -1.99. The van der Waals surface area contributed by atoms with Crippen LogP contribution in [-0.2, 0) is 4.74 Å². The Balaban J connectivity index is 2.36. The molecule has 0 atom stereocenters. The molecule has 1 rings (SSSR count). The van der Waals surface area contributed by atoms with Gasteiger partial charge in [-0.2, -0.15) is 5.26 Å². The van der Waals surface area contributed by atoms with Gasteiger partial charge in [0.2, 0.25) is 0 Å². The zero-order valence-electron chi connectivity index (χ0n) is 9.78. The lowest BCUT2D eigenvalue weighted by atomic mass is 10.2. The summed E-state index contributed by atoms with van der Waals surface area (Å²) in [4.78, 5) is 0. The van der Waals surface area contributed by atoms with Gasteiger partial charge in [-0.1, -0.05) is 6.08 Å². The fraction of sp³-hybridized carbons (Fsp3) is 0.308. The Bertz CT molecular complexity index is 410. The van der Waals surface area contributed by atoms with E-state index in [-0.39, 0.29) is 0 Å². The molecule has 0 aromatic heterocycles. The van der Waals surface area contributed by atoms with Gasteiger partial charge in [0, 0.05) is 12.2 Å². The van der Waals surface area contributed by atoms with Crippen molar-refractivity contribution in [2.45, 2.75) is 6.42 Å². The summed E-state index contributed by atoms with van der Waals surface area (Å²) in [5.74, 6) is 0. The molecule has 17 heavy (non-hydrogen) atoms. The zero-order chi connectivity index (χ0) is 12.5. The van der Waals surface area contributed by atoms with Crippen LogP contribution in [-0.4, -0.2) is 19.8 Å². The number of nitrogens with zero attached hydrogens (tertiary/aromatic N) is 1. The molecule has 0 radical (unpaired) electrons. The Morgan fingerprint density at radius 2 is 2.29 bits per heavy atom. The van der Waals surface area contributed by atoms with E-state index in [9.17, 15) is 0 Å². The number of rotatable bonds is 7. The second-order valence-electron chi connectivity index (χ2n) is 3.53. The third kappa shape index (κ3) is 4.58. The van der Waals surface area contributed by atoms with Crippen molar-refractivity contribution in [2.75, 3.05) is 30.8 Å². The van der Waals surface area contributed by atoms with Crippen LogP contribution in [0.3, 0.4) is 0 Å². The van der Waals surface area contributed by atoms with Crippen molar-refractivity contribution in [3.63, 3.8) is 0 Å². The van der Waals surface area contributed by atoms with Crippen molar-refractivity contribution in [3.05, 3.63) is 36.4 Å². The first-order valence-corrected chi connectivity index (χ1v) is 5.50. The van der Waals surface area contributed by atoms with Gasteiger partial charge in [0.1, 0.15) is 6.07 Å². The van der Waals surface area contributed by atoms with Gasteiger partial charge in [-0.05, 0) is 24.6 Å². The number of anilines is 2. The van der Waals surface area contributed by atoms with Crippen LogP contribution in [0.5, 0.6) is 0 Å². The van der Waals surface area contributed by atoms with Gasteiger partial charge >= 0.3 is 0 Å². The van der Waals surface area contributed by atoms with Crippen LogP contribution in [0.4, 0.5) is 11.4 Å². The van der Waals surface area contributed by atoms with Gasteiger partial charge < -0.3 is 15.8 Å². The highest BCUT2D eigenvalue weighted by molar-refractivity contribution is 5.62. The number of benzene rings is 1. The summed E-state index contributed by atoms with van der Waals surface area (Å²) in [5.41, 5.74) is 7.53. The van der Waals surface area contributed by atoms with E-state index in [2.05, 4.69) is 18.0 Å². The Morgan fingerprint density at radius 1 is 1.47 bits per heavy atom. The van der Waals surface area contributed by atoms with Gasteiger partial charge in [-0.3, -0.25) is 0 Å². The Labute approximate surface area is 102 Å². The van der Waals surface area contributed by atoms with E-state index >= 15 is 0 Å². The molecule has 0 aliphatic rings. The molecule has 0 aliphatic carbocycles. The maximum atomic E-state index is 8.93. The number of nitrogens with two attached hydrogens (primary N) is 1. The number of nitrogen functional groups attached to an aromatic ring is 1. The molecule has 1 aromatic rings. The van der Waals surface area contributed by atoms with E-state index in [0.29, 0.717) is 31.0 Å². The van der Waals surface area contributed by atoms with E-state index in [1.54, 1.807) is 18.2 Å². The van der Waals surface area contributed by atoms with Gasteiger partial charge in [0.15, 0.2) is 0 Å². The van der Waals surface area contributed by atoms with Crippen molar-refractivity contribution >= 4 is 11.4 Å². The molecule has 0 bridgehead atoms. The SMILES string of the molecule is C=CCCOCCNc1ccc(N)cc1C#N. The van der Waals surface area contributed by atoms with Gasteiger partial charge in [0.25, 0.3) is 0 Å². The summed E-state index contributed by atoms with van der Waals surface area (Å²) in [6.07, 6.45) is 2.67. The maximum absolute atomic E-state index is 8.93. The number of hydrogen-bond donors (Lipinski definition) is 2. The van der Waals surface area contributed by atoms with Crippen LogP contribution in [0.1, 0.15) is 12.0 Å². The largest absolute Gasteiger partial charge is 0.399 e. The molecule has 4 heteroatoms. The number of ether oxygens (including phenoxy) is 1. The standard InChI is InChI=1S/C13H17N3O/c1-2-3-7-17-8-6-16-13-5-4-12(15)9-11(13)10-14/h2,4-5,9,16H,1,3,6-8,15H2. The molecule has 90 valence electrons. The summed E-state index contributed by atoms with van der Waals surface area (Å²) in [6.45, 7) is 5.55. The summed E-state index contributed by atoms with van der Waals surface area (Å²) < 4.78 is 5.35. The van der Waals surface area contributed by atoms with E-state index < -0.39 is 0 Å². The van der Waals surface area contributed by atoms with E-state index in [1.807, 2.05) is 6.08 Å². The van der Waals surface area contributed by atoms with Crippen LogP contribution in [0.25, 0.3) is 0 Å². The fourth-order valence-corrected chi connectivity index (χ4v) is 1.34. The first-order valence-electron chi connectivity index (χ1n) is 5.50. The van der Waals surface area contributed by atoms with E-state index in [4.69, 9.17) is 15.7 Å².